The van der Waals surface area contributed by atoms with E-state index < -0.39 is 0 Å². The number of carbonyl (C=O) groups is 2. The van der Waals surface area contributed by atoms with E-state index in [2.05, 4.69) is 29.8 Å². The maximum Gasteiger partial charge on any atom is 0.227 e. The number of carbonyl (C=O) groups excluding carboxylic acids is 2. The number of fused-ring (bicyclic) bond motifs is 1. The SMILES string of the molecule is CCC(Br)C(=O)c1ccc2c(c1)CCCN2C(=O)CC(C)C. The highest BCUT2D eigenvalue weighted by atomic mass is 79.9. The number of nitrogens with zero attached hydrogens (tertiary/aromatic N) is 1. The minimum Gasteiger partial charge on any atom is -0.312 e. The van der Waals surface area contributed by atoms with Crippen molar-refractivity contribution in [2.45, 2.75) is 51.3 Å². The third-order valence-corrected chi connectivity index (χ3v) is 5.07. The highest BCUT2D eigenvalue weighted by Crippen LogP contribution is 2.30. The van der Waals surface area contributed by atoms with Gasteiger partial charge in [0.05, 0.1) is 4.83 Å². The van der Waals surface area contributed by atoms with Gasteiger partial charge in [0.2, 0.25) is 5.91 Å². The Balaban J connectivity index is 2.26. The number of hydrogen-bond donors (Lipinski definition) is 0. The van der Waals surface area contributed by atoms with Crippen molar-refractivity contribution < 1.29 is 9.59 Å². The summed E-state index contributed by atoms with van der Waals surface area (Å²) in [6.45, 7) is 6.89. The van der Waals surface area contributed by atoms with E-state index in [4.69, 9.17) is 0 Å². The summed E-state index contributed by atoms with van der Waals surface area (Å²) in [4.78, 5) is 26.4. The summed E-state index contributed by atoms with van der Waals surface area (Å²) < 4.78 is 0. The standard InChI is InChI=1S/C18H24BrNO2/c1-4-15(19)18(22)14-7-8-16-13(11-14)6-5-9-20(16)17(21)10-12(2)3/h7-8,11-12,15H,4-6,9-10H2,1-3H3. The average molecular weight is 366 g/mol. The molecule has 0 saturated heterocycles. The van der Waals surface area contributed by atoms with Gasteiger partial charge in [-0.15, -0.1) is 0 Å². The van der Waals surface area contributed by atoms with Crippen molar-refractivity contribution in [3.05, 3.63) is 29.3 Å². The van der Waals surface area contributed by atoms with Crippen LogP contribution in [0.5, 0.6) is 0 Å². The molecule has 0 saturated carbocycles. The number of alkyl halides is 1. The smallest absolute Gasteiger partial charge is 0.227 e. The maximum absolute atomic E-state index is 12.4. The van der Waals surface area contributed by atoms with E-state index in [1.165, 1.54) is 0 Å². The van der Waals surface area contributed by atoms with Crippen LogP contribution in [-0.4, -0.2) is 23.1 Å². The lowest BCUT2D eigenvalue weighted by molar-refractivity contribution is -0.119. The first-order valence-electron chi connectivity index (χ1n) is 8.05. The van der Waals surface area contributed by atoms with Crippen molar-refractivity contribution in [1.82, 2.24) is 0 Å². The monoisotopic (exact) mass is 365 g/mol. The Kier molecular flexibility index (Phi) is 5.79. The molecule has 1 aromatic rings. The van der Waals surface area contributed by atoms with Gasteiger partial charge in [-0.3, -0.25) is 9.59 Å². The summed E-state index contributed by atoms with van der Waals surface area (Å²) >= 11 is 3.42. The number of halogens is 1. The zero-order chi connectivity index (χ0) is 16.3. The van der Waals surface area contributed by atoms with Crippen LogP contribution in [0.25, 0.3) is 0 Å². The van der Waals surface area contributed by atoms with Crippen LogP contribution >= 0.6 is 15.9 Å². The molecule has 3 nitrogen and oxygen atoms in total. The Hall–Kier alpha value is -1.16. The van der Waals surface area contributed by atoms with E-state index in [1.807, 2.05) is 30.0 Å². The van der Waals surface area contributed by atoms with Crippen molar-refractivity contribution in [1.29, 1.82) is 0 Å². The van der Waals surface area contributed by atoms with Gasteiger partial charge in [-0.1, -0.05) is 36.7 Å². The fourth-order valence-corrected chi connectivity index (χ4v) is 3.10. The van der Waals surface area contributed by atoms with E-state index in [0.717, 1.165) is 42.6 Å². The third-order valence-electron chi connectivity index (χ3n) is 4.01. The summed E-state index contributed by atoms with van der Waals surface area (Å²) in [5.74, 6) is 0.662. The number of ketones is 1. The topological polar surface area (TPSA) is 37.4 Å². The molecule has 0 aromatic heterocycles. The molecule has 2 rings (SSSR count). The quantitative estimate of drug-likeness (QED) is 0.573. The molecule has 0 bridgehead atoms. The van der Waals surface area contributed by atoms with Crippen molar-refractivity contribution in [2.75, 3.05) is 11.4 Å². The van der Waals surface area contributed by atoms with Crippen LogP contribution in [0, 0.1) is 5.92 Å². The maximum atomic E-state index is 12.4. The highest BCUT2D eigenvalue weighted by Gasteiger charge is 2.24. The van der Waals surface area contributed by atoms with Crippen LogP contribution in [0.2, 0.25) is 0 Å². The van der Waals surface area contributed by atoms with E-state index in [1.54, 1.807) is 0 Å². The van der Waals surface area contributed by atoms with Gasteiger partial charge in [0.25, 0.3) is 0 Å². The predicted molar refractivity (Wildman–Crippen MR) is 93.9 cm³/mol. The third kappa shape index (κ3) is 3.78. The number of amides is 1. The molecule has 1 aromatic carbocycles. The van der Waals surface area contributed by atoms with Gasteiger partial charge in [-0.2, -0.15) is 0 Å². The summed E-state index contributed by atoms with van der Waals surface area (Å²) in [5, 5.41) is 0. The van der Waals surface area contributed by atoms with Crippen molar-refractivity contribution >= 4 is 33.3 Å². The number of hydrogen-bond acceptors (Lipinski definition) is 2. The van der Waals surface area contributed by atoms with Crippen molar-refractivity contribution in [2.24, 2.45) is 5.92 Å². The van der Waals surface area contributed by atoms with Gasteiger partial charge < -0.3 is 4.90 Å². The van der Waals surface area contributed by atoms with Gasteiger partial charge in [0.1, 0.15) is 0 Å². The van der Waals surface area contributed by atoms with Crippen molar-refractivity contribution in [3.63, 3.8) is 0 Å². The zero-order valence-electron chi connectivity index (χ0n) is 13.6. The lowest BCUT2D eigenvalue weighted by Crippen LogP contribution is -2.36. The van der Waals surface area contributed by atoms with Crippen LogP contribution in [0.3, 0.4) is 0 Å². The molecular weight excluding hydrogens is 342 g/mol. The summed E-state index contributed by atoms with van der Waals surface area (Å²) in [6, 6.07) is 5.76. The first kappa shape index (κ1) is 17.2. The molecule has 1 heterocycles. The largest absolute Gasteiger partial charge is 0.312 e. The van der Waals surface area contributed by atoms with Crippen LogP contribution in [0.4, 0.5) is 5.69 Å². The first-order chi connectivity index (χ1) is 10.4. The molecule has 0 N–H and O–H groups in total. The molecule has 22 heavy (non-hydrogen) atoms. The molecular formula is C18H24BrNO2. The molecule has 0 radical (unpaired) electrons. The Bertz CT molecular complexity index is 568. The van der Waals surface area contributed by atoms with Gasteiger partial charge in [0, 0.05) is 24.2 Å². The minimum atomic E-state index is -0.132. The number of Topliss-reactive ketones (excluding diaryl/α,β-unsaturated/α-hetero) is 1. The van der Waals surface area contributed by atoms with Gasteiger partial charge >= 0.3 is 0 Å². The Morgan fingerprint density at radius 3 is 2.68 bits per heavy atom. The first-order valence-corrected chi connectivity index (χ1v) is 8.97. The number of benzene rings is 1. The van der Waals surface area contributed by atoms with E-state index in [-0.39, 0.29) is 16.5 Å². The molecule has 4 heteroatoms. The van der Waals surface area contributed by atoms with Crippen LogP contribution in [-0.2, 0) is 11.2 Å². The van der Waals surface area contributed by atoms with Crippen molar-refractivity contribution in [3.8, 4) is 0 Å². The Morgan fingerprint density at radius 1 is 1.32 bits per heavy atom. The number of rotatable bonds is 5. The summed E-state index contributed by atoms with van der Waals surface area (Å²) in [7, 11) is 0. The Labute approximate surface area is 141 Å². The Morgan fingerprint density at radius 2 is 2.05 bits per heavy atom. The molecule has 0 aliphatic carbocycles. The molecule has 0 fully saturated rings. The van der Waals surface area contributed by atoms with Gasteiger partial charge in [-0.05, 0) is 48.9 Å². The normalized spacial score (nSPS) is 15.6. The lowest BCUT2D eigenvalue weighted by Gasteiger charge is -2.30. The zero-order valence-corrected chi connectivity index (χ0v) is 15.1. The summed E-state index contributed by atoms with van der Waals surface area (Å²) in [5.41, 5.74) is 2.83. The fraction of sp³-hybridized carbons (Fsp3) is 0.556. The predicted octanol–water partition coefficient (Wildman–Crippen LogP) is 4.37. The second-order valence-electron chi connectivity index (χ2n) is 6.33. The fourth-order valence-electron chi connectivity index (χ4n) is 2.84. The van der Waals surface area contributed by atoms with E-state index in [9.17, 15) is 9.59 Å². The molecule has 1 atom stereocenters. The lowest BCUT2D eigenvalue weighted by atomic mass is 9.96. The molecule has 1 aliphatic heterocycles. The summed E-state index contributed by atoms with van der Waals surface area (Å²) in [6.07, 6.45) is 3.23. The number of anilines is 1. The second-order valence-corrected chi connectivity index (χ2v) is 7.44. The molecule has 1 amide bonds. The second kappa shape index (κ2) is 7.40. The van der Waals surface area contributed by atoms with E-state index in [0.29, 0.717) is 12.3 Å². The molecule has 120 valence electrons. The average Bonchev–Trinajstić information content (AvgIpc) is 2.51. The number of aryl methyl sites for hydroxylation is 1. The van der Waals surface area contributed by atoms with Crippen LogP contribution < -0.4 is 4.90 Å². The van der Waals surface area contributed by atoms with Gasteiger partial charge in [0.15, 0.2) is 5.78 Å². The van der Waals surface area contributed by atoms with E-state index >= 15 is 0 Å². The van der Waals surface area contributed by atoms with Gasteiger partial charge in [-0.25, -0.2) is 0 Å². The minimum absolute atomic E-state index is 0.121. The molecule has 1 unspecified atom stereocenters. The molecule has 1 aliphatic rings. The van der Waals surface area contributed by atoms with Crippen LogP contribution in [0.1, 0.15) is 56.0 Å². The molecule has 0 spiro atoms. The highest BCUT2D eigenvalue weighted by molar-refractivity contribution is 9.10. The van der Waals surface area contributed by atoms with Crippen LogP contribution in [0.15, 0.2) is 18.2 Å².